The largest absolute Gasteiger partial charge is 0.508 e. The molecule has 0 spiro atoms. The highest BCUT2D eigenvalue weighted by atomic mass is 16.5. The Hall–Kier alpha value is -1.55. The molecule has 16 heavy (non-hydrogen) atoms. The van der Waals surface area contributed by atoms with Crippen LogP contribution in [-0.4, -0.2) is 43.7 Å². The third kappa shape index (κ3) is 3.24. The lowest BCUT2D eigenvalue weighted by molar-refractivity contribution is -0.142. The average Bonchev–Trinajstić information content (AvgIpc) is 2.26. The van der Waals surface area contributed by atoms with Gasteiger partial charge in [-0.15, -0.1) is 0 Å². The first-order valence-electron chi connectivity index (χ1n) is 5.06. The predicted molar refractivity (Wildman–Crippen MR) is 61.4 cm³/mol. The van der Waals surface area contributed by atoms with Gasteiger partial charge in [0.1, 0.15) is 5.75 Å². The molecular weight excluding hydrogens is 206 g/mol. The van der Waals surface area contributed by atoms with Gasteiger partial charge in [0, 0.05) is 6.54 Å². The van der Waals surface area contributed by atoms with Crippen molar-refractivity contribution in [2.45, 2.75) is 5.92 Å². The van der Waals surface area contributed by atoms with E-state index in [0.29, 0.717) is 6.54 Å². The van der Waals surface area contributed by atoms with E-state index in [2.05, 4.69) is 0 Å². The Kier molecular flexibility index (Phi) is 4.31. The second kappa shape index (κ2) is 5.51. The Morgan fingerprint density at radius 2 is 1.94 bits per heavy atom. The molecule has 1 rings (SSSR count). The van der Waals surface area contributed by atoms with E-state index in [-0.39, 0.29) is 17.6 Å². The molecule has 1 unspecified atom stereocenters. The number of hydrogen-bond donors (Lipinski definition) is 1. The fraction of sp³-hybridized carbons (Fsp3) is 0.417. The Morgan fingerprint density at radius 1 is 1.38 bits per heavy atom. The zero-order chi connectivity index (χ0) is 12.1. The summed E-state index contributed by atoms with van der Waals surface area (Å²) < 4.78 is 4.77. The highest BCUT2D eigenvalue weighted by Crippen LogP contribution is 2.20. The molecular formula is C12H17NO3. The Labute approximate surface area is 95.5 Å². The average molecular weight is 223 g/mol. The first kappa shape index (κ1) is 12.5. The molecule has 0 radical (unpaired) electrons. The summed E-state index contributed by atoms with van der Waals surface area (Å²) in [7, 11) is 5.18. The molecule has 0 saturated heterocycles. The van der Waals surface area contributed by atoms with E-state index in [4.69, 9.17) is 4.74 Å². The van der Waals surface area contributed by atoms with E-state index < -0.39 is 0 Å². The number of esters is 1. The van der Waals surface area contributed by atoms with Crippen molar-refractivity contribution in [2.75, 3.05) is 27.7 Å². The molecule has 1 aromatic rings. The Morgan fingerprint density at radius 3 is 2.38 bits per heavy atom. The summed E-state index contributed by atoms with van der Waals surface area (Å²) in [6.07, 6.45) is 0. The van der Waals surface area contributed by atoms with E-state index >= 15 is 0 Å². The fourth-order valence-corrected chi connectivity index (χ4v) is 1.53. The molecule has 0 aromatic heterocycles. The minimum atomic E-state index is -0.319. The quantitative estimate of drug-likeness (QED) is 0.779. The van der Waals surface area contributed by atoms with Crippen LogP contribution in [0.5, 0.6) is 5.75 Å². The molecule has 4 nitrogen and oxygen atoms in total. The van der Waals surface area contributed by atoms with Gasteiger partial charge in [0.15, 0.2) is 0 Å². The van der Waals surface area contributed by atoms with Gasteiger partial charge in [-0.05, 0) is 31.8 Å². The number of phenols is 1. The van der Waals surface area contributed by atoms with Gasteiger partial charge in [-0.2, -0.15) is 0 Å². The highest BCUT2D eigenvalue weighted by Gasteiger charge is 2.21. The number of carbonyl (C=O) groups excluding carboxylic acids is 1. The highest BCUT2D eigenvalue weighted by molar-refractivity contribution is 5.78. The first-order valence-corrected chi connectivity index (χ1v) is 5.06. The molecule has 0 fully saturated rings. The van der Waals surface area contributed by atoms with E-state index in [9.17, 15) is 9.90 Å². The minimum absolute atomic E-state index is 0.192. The fourth-order valence-electron chi connectivity index (χ4n) is 1.53. The maximum absolute atomic E-state index is 11.6. The topological polar surface area (TPSA) is 49.8 Å². The molecule has 0 saturated carbocycles. The molecule has 4 heteroatoms. The van der Waals surface area contributed by atoms with Crippen molar-refractivity contribution in [3.05, 3.63) is 29.8 Å². The summed E-state index contributed by atoms with van der Waals surface area (Å²) in [5.41, 5.74) is 0.846. The number of likely N-dealkylation sites (N-methyl/N-ethyl adjacent to an activating group) is 1. The molecule has 0 heterocycles. The van der Waals surface area contributed by atoms with Gasteiger partial charge < -0.3 is 14.7 Å². The number of aromatic hydroxyl groups is 1. The molecule has 1 N–H and O–H groups in total. The second-order valence-corrected chi connectivity index (χ2v) is 3.93. The zero-order valence-electron chi connectivity index (χ0n) is 9.80. The number of methoxy groups -OCH3 is 1. The number of rotatable bonds is 4. The van der Waals surface area contributed by atoms with Gasteiger partial charge in [0.25, 0.3) is 0 Å². The molecule has 0 aliphatic heterocycles. The predicted octanol–water partition coefficient (Wildman–Crippen LogP) is 1.21. The SMILES string of the molecule is COC(=O)C(CN(C)C)c1ccc(O)cc1. The van der Waals surface area contributed by atoms with Gasteiger partial charge in [-0.25, -0.2) is 0 Å². The van der Waals surface area contributed by atoms with Crippen LogP contribution in [-0.2, 0) is 9.53 Å². The lowest BCUT2D eigenvalue weighted by Gasteiger charge is -2.19. The Bertz CT molecular complexity index is 346. The summed E-state index contributed by atoms with van der Waals surface area (Å²) in [6, 6.07) is 6.61. The number of phenolic OH excluding ortho intramolecular Hbond substituents is 1. The second-order valence-electron chi connectivity index (χ2n) is 3.93. The number of nitrogens with zero attached hydrogens (tertiary/aromatic N) is 1. The summed E-state index contributed by atoms with van der Waals surface area (Å²) in [6.45, 7) is 0.581. The third-order valence-corrected chi connectivity index (χ3v) is 2.33. The molecule has 0 bridgehead atoms. The maximum Gasteiger partial charge on any atom is 0.314 e. The third-order valence-electron chi connectivity index (χ3n) is 2.33. The van der Waals surface area contributed by atoms with Crippen LogP contribution in [0.25, 0.3) is 0 Å². The molecule has 0 aliphatic carbocycles. The van der Waals surface area contributed by atoms with Crippen LogP contribution in [0.1, 0.15) is 11.5 Å². The molecule has 1 atom stereocenters. The van der Waals surface area contributed by atoms with Gasteiger partial charge in [-0.3, -0.25) is 4.79 Å². The van der Waals surface area contributed by atoms with Crippen molar-refractivity contribution in [1.29, 1.82) is 0 Å². The Balaban J connectivity index is 2.91. The minimum Gasteiger partial charge on any atom is -0.508 e. The van der Waals surface area contributed by atoms with Crippen molar-refractivity contribution in [3.8, 4) is 5.75 Å². The lowest BCUT2D eigenvalue weighted by Crippen LogP contribution is -2.27. The van der Waals surface area contributed by atoms with Crippen LogP contribution in [0.4, 0.5) is 0 Å². The van der Waals surface area contributed by atoms with Crippen molar-refractivity contribution >= 4 is 5.97 Å². The maximum atomic E-state index is 11.6. The van der Waals surface area contributed by atoms with Crippen LogP contribution in [0, 0.1) is 0 Å². The van der Waals surface area contributed by atoms with E-state index in [1.54, 1.807) is 24.3 Å². The smallest absolute Gasteiger partial charge is 0.314 e. The number of benzene rings is 1. The number of ether oxygens (including phenoxy) is 1. The normalized spacial score (nSPS) is 12.5. The van der Waals surface area contributed by atoms with Crippen LogP contribution >= 0.6 is 0 Å². The molecule has 1 aromatic carbocycles. The van der Waals surface area contributed by atoms with Crippen molar-refractivity contribution in [1.82, 2.24) is 4.90 Å². The van der Waals surface area contributed by atoms with Crippen molar-refractivity contribution < 1.29 is 14.6 Å². The zero-order valence-corrected chi connectivity index (χ0v) is 9.80. The summed E-state index contributed by atoms with van der Waals surface area (Å²) >= 11 is 0. The van der Waals surface area contributed by atoms with Gasteiger partial charge >= 0.3 is 5.97 Å². The van der Waals surface area contributed by atoms with Gasteiger partial charge in [-0.1, -0.05) is 12.1 Å². The summed E-state index contributed by atoms with van der Waals surface area (Å²) in [5.74, 6) is -0.391. The molecule has 0 aliphatic rings. The van der Waals surface area contributed by atoms with E-state index in [0.717, 1.165) is 5.56 Å². The standard InChI is InChI=1S/C12H17NO3/c1-13(2)8-11(12(15)16-3)9-4-6-10(14)7-5-9/h4-7,11,14H,8H2,1-3H3. The van der Waals surface area contributed by atoms with Crippen LogP contribution in [0.2, 0.25) is 0 Å². The lowest BCUT2D eigenvalue weighted by atomic mass is 9.99. The number of hydrogen-bond acceptors (Lipinski definition) is 4. The molecule has 0 amide bonds. The van der Waals surface area contributed by atoms with Crippen LogP contribution in [0.3, 0.4) is 0 Å². The summed E-state index contributed by atoms with van der Waals surface area (Å²) in [5, 5.41) is 9.19. The van der Waals surface area contributed by atoms with Crippen molar-refractivity contribution in [3.63, 3.8) is 0 Å². The van der Waals surface area contributed by atoms with Gasteiger partial charge in [0.05, 0.1) is 13.0 Å². The van der Waals surface area contributed by atoms with Crippen LogP contribution in [0.15, 0.2) is 24.3 Å². The van der Waals surface area contributed by atoms with Gasteiger partial charge in [0.2, 0.25) is 0 Å². The molecule has 88 valence electrons. The van der Waals surface area contributed by atoms with E-state index in [1.165, 1.54) is 7.11 Å². The first-order chi connectivity index (χ1) is 7.54. The van der Waals surface area contributed by atoms with E-state index in [1.807, 2.05) is 19.0 Å². The van der Waals surface area contributed by atoms with Crippen molar-refractivity contribution in [2.24, 2.45) is 0 Å². The summed E-state index contributed by atoms with van der Waals surface area (Å²) in [4.78, 5) is 13.5. The van der Waals surface area contributed by atoms with Crippen LogP contribution < -0.4 is 0 Å². The monoisotopic (exact) mass is 223 g/mol. The number of carbonyl (C=O) groups is 1.